The van der Waals surface area contributed by atoms with Gasteiger partial charge in [0.2, 0.25) is 0 Å². The summed E-state index contributed by atoms with van der Waals surface area (Å²) in [6, 6.07) is 25.2. The van der Waals surface area contributed by atoms with E-state index in [1.165, 1.54) is 39.6 Å². The van der Waals surface area contributed by atoms with E-state index in [-0.39, 0.29) is 33.1 Å². The van der Waals surface area contributed by atoms with Crippen LogP contribution in [0.2, 0.25) is 0 Å². The standard InChI is InChI=1S/C30H24Br2F4O4P2/c31-25-15-19(11-13-23(25)29(33,34)41)17-28(22-9-5-2-6-10-22,27(37)21-7-3-1-4-8-21)18-20-12-14-24(26(32)16-20)30(35,36)42(38,39)40/h1-16H,17-18,41H2,(H2,38,39,40). The molecule has 2 atom stereocenters. The van der Waals surface area contributed by atoms with Crippen LogP contribution in [-0.2, 0) is 34.1 Å². The minimum atomic E-state index is -5.82. The van der Waals surface area contributed by atoms with Crippen LogP contribution in [0.25, 0.3) is 0 Å². The van der Waals surface area contributed by atoms with Crippen LogP contribution in [0.15, 0.2) is 106 Å². The summed E-state index contributed by atoms with van der Waals surface area (Å²) in [5.41, 5.74) is -8.11. The third-order valence-electron chi connectivity index (χ3n) is 6.92. The third kappa shape index (κ3) is 6.80. The quantitative estimate of drug-likeness (QED) is 0.0966. The van der Waals surface area contributed by atoms with Crippen molar-refractivity contribution in [2.75, 3.05) is 0 Å². The normalized spacial score (nSPS) is 13.9. The highest BCUT2D eigenvalue weighted by Crippen LogP contribution is 2.60. The number of halogens is 6. The molecule has 0 aliphatic carbocycles. The van der Waals surface area contributed by atoms with Crippen molar-refractivity contribution >= 4 is 54.5 Å². The van der Waals surface area contributed by atoms with Crippen molar-refractivity contribution in [3.8, 4) is 0 Å². The maximum atomic E-state index is 14.5. The Morgan fingerprint density at radius 2 is 1.19 bits per heavy atom. The third-order valence-corrected chi connectivity index (χ3v) is 9.52. The lowest BCUT2D eigenvalue weighted by Gasteiger charge is -2.34. The lowest BCUT2D eigenvalue weighted by Crippen LogP contribution is -2.40. The number of alkyl halides is 4. The zero-order chi connectivity index (χ0) is 30.9. The molecule has 0 aliphatic rings. The molecule has 4 aromatic rings. The molecule has 0 radical (unpaired) electrons. The molecule has 0 saturated carbocycles. The van der Waals surface area contributed by atoms with Gasteiger partial charge in [-0.05, 0) is 41.7 Å². The number of benzene rings is 4. The molecule has 0 fully saturated rings. The predicted octanol–water partition coefficient (Wildman–Crippen LogP) is 8.97. The van der Waals surface area contributed by atoms with Gasteiger partial charge in [0.1, 0.15) is 0 Å². The Labute approximate surface area is 259 Å². The van der Waals surface area contributed by atoms with Gasteiger partial charge in [0.15, 0.2) is 5.78 Å². The summed E-state index contributed by atoms with van der Waals surface area (Å²) in [6.07, 6.45) is 0.0499. The summed E-state index contributed by atoms with van der Waals surface area (Å²) in [5.74, 6) is -0.286. The molecule has 2 N–H and O–H groups in total. The lowest BCUT2D eigenvalue weighted by molar-refractivity contribution is 0.0557. The summed E-state index contributed by atoms with van der Waals surface area (Å²) in [5, 5.41) is 0. The van der Waals surface area contributed by atoms with Gasteiger partial charge in [-0.25, -0.2) is 0 Å². The van der Waals surface area contributed by atoms with Gasteiger partial charge in [-0.1, -0.05) is 126 Å². The first kappa shape index (κ1) is 32.7. The summed E-state index contributed by atoms with van der Waals surface area (Å²) in [7, 11) is -4.33. The molecule has 2 unspecified atom stereocenters. The molecule has 0 aromatic heterocycles. The van der Waals surface area contributed by atoms with E-state index in [0.717, 1.165) is 6.07 Å². The maximum absolute atomic E-state index is 14.5. The highest BCUT2D eigenvalue weighted by Gasteiger charge is 2.51. The smallest absolute Gasteiger partial charge is 0.320 e. The molecule has 220 valence electrons. The summed E-state index contributed by atoms with van der Waals surface area (Å²) in [4.78, 5) is 32.9. The highest BCUT2D eigenvalue weighted by atomic mass is 79.9. The van der Waals surface area contributed by atoms with Gasteiger partial charge in [-0.15, -0.1) is 0 Å². The Balaban J connectivity index is 1.91. The van der Waals surface area contributed by atoms with Gasteiger partial charge in [0.25, 0.3) is 5.66 Å². The van der Waals surface area contributed by atoms with Gasteiger partial charge in [-0.2, -0.15) is 17.6 Å². The molecule has 0 amide bonds. The Bertz CT molecular complexity index is 1640. The van der Waals surface area contributed by atoms with E-state index in [0.29, 0.717) is 22.3 Å². The first-order valence-electron chi connectivity index (χ1n) is 12.4. The lowest BCUT2D eigenvalue weighted by atomic mass is 9.67. The highest BCUT2D eigenvalue weighted by molar-refractivity contribution is 9.10. The van der Waals surface area contributed by atoms with E-state index in [4.69, 9.17) is 0 Å². The number of hydrogen-bond acceptors (Lipinski definition) is 2. The minimum absolute atomic E-state index is 0.00966. The molecule has 0 heterocycles. The second kappa shape index (κ2) is 12.4. The number of hydrogen-bond donors (Lipinski definition) is 2. The summed E-state index contributed by atoms with van der Waals surface area (Å²) < 4.78 is 68.7. The van der Waals surface area contributed by atoms with Gasteiger partial charge >= 0.3 is 13.3 Å². The monoisotopic (exact) mass is 744 g/mol. The number of carbonyl (C=O) groups excluding carboxylic acids is 1. The van der Waals surface area contributed by atoms with Crippen LogP contribution >= 0.6 is 48.7 Å². The fourth-order valence-electron chi connectivity index (χ4n) is 4.89. The first-order chi connectivity index (χ1) is 19.6. The van der Waals surface area contributed by atoms with Gasteiger partial charge in [0, 0.05) is 25.6 Å². The zero-order valence-electron chi connectivity index (χ0n) is 21.7. The fourth-order valence-corrected chi connectivity index (χ4v) is 7.38. The molecule has 0 saturated heterocycles. The van der Waals surface area contributed by atoms with Crippen LogP contribution in [0, 0.1) is 0 Å². The van der Waals surface area contributed by atoms with Crippen LogP contribution in [0.1, 0.15) is 38.2 Å². The minimum Gasteiger partial charge on any atom is -0.320 e. The van der Waals surface area contributed by atoms with E-state index >= 15 is 0 Å². The molecular formula is C30H24Br2F4O4P2. The first-order valence-corrected chi connectivity index (χ1v) is 16.2. The molecule has 42 heavy (non-hydrogen) atoms. The molecule has 12 heteroatoms. The van der Waals surface area contributed by atoms with Gasteiger partial charge in [-0.3, -0.25) is 9.36 Å². The van der Waals surface area contributed by atoms with E-state index in [9.17, 15) is 36.7 Å². The average molecular weight is 746 g/mol. The van der Waals surface area contributed by atoms with Crippen LogP contribution in [0.5, 0.6) is 0 Å². The van der Waals surface area contributed by atoms with Crippen molar-refractivity contribution in [3.63, 3.8) is 0 Å². The van der Waals surface area contributed by atoms with Crippen molar-refractivity contribution in [1.82, 2.24) is 0 Å². The van der Waals surface area contributed by atoms with E-state index in [2.05, 4.69) is 31.9 Å². The molecule has 0 aliphatic heterocycles. The number of rotatable bonds is 10. The van der Waals surface area contributed by atoms with Crippen LogP contribution in [0.4, 0.5) is 17.6 Å². The average Bonchev–Trinajstić information content (AvgIpc) is 2.92. The Morgan fingerprint density at radius 3 is 1.62 bits per heavy atom. The topological polar surface area (TPSA) is 74.6 Å². The maximum Gasteiger partial charge on any atom is 0.399 e. The fraction of sp³-hybridized carbons (Fsp3) is 0.167. The summed E-state index contributed by atoms with van der Waals surface area (Å²) in [6.45, 7) is 0. The number of Topliss-reactive ketones (excluding diaryl/α,β-unsaturated/α-hetero) is 1. The molecule has 4 nitrogen and oxygen atoms in total. The van der Waals surface area contributed by atoms with E-state index < -0.39 is 29.9 Å². The van der Waals surface area contributed by atoms with Crippen molar-refractivity contribution in [2.45, 2.75) is 29.6 Å². The van der Waals surface area contributed by atoms with Gasteiger partial charge < -0.3 is 9.79 Å². The number of carbonyl (C=O) groups is 1. The molecule has 4 aromatic carbocycles. The molecular weight excluding hydrogens is 722 g/mol. The van der Waals surface area contributed by atoms with Crippen LogP contribution in [-0.4, -0.2) is 15.6 Å². The van der Waals surface area contributed by atoms with Crippen LogP contribution in [0.3, 0.4) is 0 Å². The second-order valence-corrected chi connectivity index (χ2v) is 13.9. The van der Waals surface area contributed by atoms with Crippen molar-refractivity contribution in [1.29, 1.82) is 0 Å². The Kier molecular flexibility index (Phi) is 9.68. The molecule has 0 spiro atoms. The second-order valence-electron chi connectivity index (χ2n) is 9.83. The van der Waals surface area contributed by atoms with E-state index in [1.807, 2.05) is 0 Å². The summed E-state index contributed by atoms with van der Waals surface area (Å²) >= 11 is 6.26. The largest absolute Gasteiger partial charge is 0.399 e. The SMILES string of the molecule is O=C(c1ccccc1)C(Cc1ccc(C(F)(F)P)c(Br)c1)(Cc1ccc(C(F)(F)P(=O)(O)O)c(Br)c1)c1ccccc1. The van der Waals surface area contributed by atoms with Crippen LogP contribution < -0.4 is 0 Å². The number of ketones is 1. The van der Waals surface area contributed by atoms with E-state index in [1.54, 1.807) is 60.7 Å². The Morgan fingerprint density at radius 1 is 0.738 bits per heavy atom. The van der Waals surface area contributed by atoms with Crippen molar-refractivity contribution < 1.29 is 36.7 Å². The molecule has 4 rings (SSSR count). The Hall–Kier alpha value is -2.19. The predicted molar refractivity (Wildman–Crippen MR) is 164 cm³/mol. The van der Waals surface area contributed by atoms with Crippen molar-refractivity contribution in [3.05, 3.63) is 139 Å². The molecule has 0 bridgehead atoms. The van der Waals surface area contributed by atoms with Gasteiger partial charge in [0.05, 0.1) is 5.41 Å². The zero-order valence-corrected chi connectivity index (χ0v) is 26.9. The van der Waals surface area contributed by atoms with Crippen molar-refractivity contribution in [2.24, 2.45) is 0 Å².